The maximum atomic E-state index is 11.3. The topological polar surface area (TPSA) is 91.7 Å². The van der Waals surface area contributed by atoms with Crippen molar-refractivity contribution in [3.8, 4) is 5.75 Å². The molecule has 112 valence electrons. The molecule has 0 unspecified atom stereocenters. The molecule has 0 amide bonds. The van der Waals surface area contributed by atoms with E-state index >= 15 is 0 Å². The first kappa shape index (κ1) is 15.1. The normalized spacial score (nSPS) is 12.1. The third-order valence-electron chi connectivity index (χ3n) is 2.96. The molecular weight excluding hydrogens is 272 g/mol. The predicted molar refractivity (Wildman–Crippen MR) is 80.0 cm³/mol. The van der Waals surface area contributed by atoms with E-state index in [9.17, 15) is 15.0 Å². The van der Waals surface area contributed by atoms with Crippen molar-refractivity contribution in [2.75, 3.05) is 18.5 Å². The van der Waals surface area contributed by atoms with Crippen molar-refractivity contribution in [3.05, 3.63) is 30.0 Å². The average Bonchev–Trinajstić information content (AvgIpc) is 2.44. The van der Waals surface area contributed by atoms with Crippen molar-refractivity contribution in [1.82, 2.24) is 4.98 Å². The fourth-order valence-electron chi connectivity index (χ4n) is 2.03. The number of aliphatic hydroxyl groups excluding tert-OH is 1. The number of anilines is 1. The molecule has 0 radical (unpaired) electrons. The number of nitrogens with zero attached hydrogens (tertiary/aromatic N) is 1. The number of aliphatic hydroxyl groups is 1. The Bertz CT molecular complexity index is 655. The van der Waals surface area contributed by atoms with Gasteiger partial charge in [-0.2, -0.15) is 0 Å². The Morgan fingerprint density at radius 2 is 2.24 bits per heavy atom. The molecular formula is C15H18N2O4. The number of aromatic carboxylic acids is 1. The van der Waals surface area contributed by atoms with Crippen molar-refractivity contribution in [2.45, 2.75) is 20.0 Å². The van der Waals surface area contributed by atoms with E-state index in [1.54, 1.807) is 25.1 Å². The molecule has 0 saturated carbocycles. The quantitative estimate of drug-likeness (QED) is 0.755. The summed E-state index contributed by atoms with van der Waals surface area (Å²) in [5.41, 5.74) is 1.17. The van der Waals surface area contributed by atoms with Gasteiger partial charge in [0.15, 0.2) is 0 Å². The zero-order chi connectivity index (χ0) is 15.4. The van der Waals surface area contributed by atoms with Crippen LogP contribution in [0.5, 0.6) is 5.75 Å². The third kappa shape index (κ3) is 3.41. The van der Waals surface area contributed by atoms with E-state index in [0.29, 0.717) is 28.9 Å². The first-order valence-corrected chi connectivity index (χ1v) is 6.73. The Balaban J connectivity index is 2.57. The number of hydrogen-bond donors (Lipinski definition) is 3. The lowest BCUT2D eigenvalue weighted by Gasteiger charge is -2.14. The number of aromatic nitrogens is 1. The lowest BCUT2D eigenvalue weighted by molar-refractivity contribution is 0.0697. The van der Waals surface area contributed by atoms with Gasteiger partial charge in [-0.1, -0.05) is 0 Å². The maximum absolute atomic E-state index is 11.3. The second kappa shape index (κ2) is 6.41. The summed E-state index contributed by atoms with van der Waals surface area (Å²) >= 11 is 0. The number of benzene rings is 1. The molecule has 6 heteroatoms. The highest BCUT2D eigenvalue weighted by Gasteiger charge is 2.15. The molecule has 1 heterocycles. The minimum atomic E-state index is -1.07. The molecule has 0 fully saturated rings. The zero-order valence-corrected chi connectivity index (χ0v) is 12.0. The second-order valence-electron chi connectivity index (χ2n) is 4.69. The number of hydrogen-bond acceptors (Lipinski definition) is 5. The molecule has 0 aliphatic rings. The van der Waals surface area contributed by atoms with Crippen LogP contribution in [0.2, 0.25) is 0 Å². The van der Waals surface area contributed by atoms with Crippen LogP contribution in [0.25, 0.3) is 10.9 Å². The molecule has 2 rings (SSSR count). The largest absolute Gasteiger partial charge is 0.494 e. The van der Waals surface area contributed by atoms with Crippen molar-refractivity contribution < 1.29 is 19.7 Å². The molecule has 1 aromatic carbocycles. The summed E-state index contributed by atoms with van der Waals surface area (Å²) in [6, 6.07) is 5.32. The van der Waals surface area contributed by atoms with Gasteiger partial charge in [0.25, 0.3) is 0 Å². The number of carboxylic acids is 1. The Kier molecular flexibility index (Phi) is 4.59. The first-order chi connectivity index (χ1) is 10.0. The maximum Gasteiger partial charge on any atom is 0.339 e. The number of fused-ring (bicyclic) bond motifs is 1. The smallest absolute Gasteiger partial charge is 0.339 e. The molecule has 21 heavy (non-hydrogen) atoms. The van der Waals surface area contributed by atoms with Crippen LogP contribution in [-0.2, 0) is 0 Å². The van der Waals surface area contributed by atoms with E-state index in [1.807, 2.05) is 6.92 Å². The van der Waals surface area contributed by atoms with Crippen molar-refractivity contribution in [2.24, 2.45) is 0 Å². The summed E-state index contributed by atoms with van der Waals surface area (Å²) in [7, 11) is 0. The summed E-state index contributed by atoms with van der Waals surface area (Å²) in [6.45, 7) is 4.28. The first-order valence-electron chi connectivity index (χ1n) is 6.73. The molecule has 2 aromatic rings. The molecule has 1 aromatic heterocycles. The van der Waals surface area contributed by atoms with Crippen LogP contribution in [0.3, 0.4) is 0 Å². The lowest BCUT2D eigenvalue weighted by atomic mass is 10.1. The van der Waals surface area contributed by atoms with Gasteiger partial charge in [0.05, 0.1) is 23.9 Å². The fraction of sp³-hybridized carbons (Fsp3) is 0.333. The van der Waals surface area contributed by atoms with Crippen LogP contribution < -0.4 is 10.1 Å². The average molecular weight is 290 g/mol. The highest BCUT2D eigenvalue weighted by Crippen LogP contribution is 2.29. The van der Waals surface area contributed by atoms with Crippen LogP contribution in [0.4, 0.5) is 5.69 Å². The van der Waals surface area contributed by atoms with Crippen LogP contribution in [-0.4, -0.2) is 40.4 Å². The van der Waals surface area contributed by atoms with E-state index < -0.39 is 12.1 Å². The number of rotatable bonds is 6. The molecule has 6 nitrogen and oxygen atoms in total. The summed E-state index contributed by atoms with van der Waals surface area (Å²) in [5, 5.41) is 22.3. The Hall–Kier alpha value is -2.34. The molecule has 0 aliphatic heterocycles. The number of pyridine rings is 1. The van der Waals surface area contributed by atoms with Crippen LogP contribution in [0, 0.1) is 0 Å². The third-order valence-corrected chi connectivity index (χ3v) is 2.96. The van der Waals surface area contributed by atoms with Crippen LogP contribution >= 0.6 is 0 Å². The van der Waals surface area contributed by atoms with Crippen molar-refractivity contribution in [1.29, 1.82) is 0 Å². The van der Waals surface area contributed by atoms with E-state index in [2.05, 4.69) is 10.3 Å². The lowest BCUT2D eigenvalue weighted by Crippen LogP contribution is -2.17. The fourth-order valence-corrected chi connectivity index (χ4v) is 2.03. The number of ether oxygens (including phenoxy) is 1. The van der Waals surface area contributed by atoms with Crippen molar-refractivity contribution >= 4 is 22.6 Å². The standard InChI is InChI=1S/C15H18N2O4/c1-3-21-10-4-5-13-11(6-10)14(17-7-9(2)18)12(8-16-13)15(19)20/h4-6,8-9,18H,3,7H2,1-2H3,(H,16,17)(H,19,20)/t9-/m1/s1. The molecule has 1 atom stereocenters. The summed E-state index contributed by atoms with van der Waals surface area (Å²) in [6.07, 6.45) is 0.722. The van der Waals surface area contributed by atoms with Gasteiger partial charge in [0, 0.05) is 18.1 Å². The molecule has 0 saturated heterocycles. The van der Waals surface area contributed by atoms with Gasteiger partial charge in [-0.15, -0.1) is 0 Å². The monoisotopic (exact) mass is 290 g/mol. The van der Waals surface area contributed by atoms with E-state index in [4.69, 9.17) is 4.74 Å². The van der Waals surface area contributed by atoms with E-state index in [-0.39, 0.29) is 12.1 Å². The van der Waals surface area contributed by atoms with Gasteiger partial charge in [0.2, 0.25) is 0 Å². The Morgan fingerprint density at radius 1 is 1.48 bits per heavy atom. The highest BCUT2D eigenvalue weighted by atomic mass is 16.5. The summed E-state index contributed by atoms with van der Waals surface area (Å²) in [5.74, 6) is -0.422. The van der Waals surface area contributed by atoms with Crippen LogP contribution in [0.15, 0.2) is 24.4 Å². The SMILES string of the molecule is CCOc1ccc2ncc(C(=O)O)c(NC[C@@H](C)O)c2c1. The summed E-state index contributed by atoms with van der Waals surface area (Å²) in [4.78, 5) is 15.5. The Morgan fingerprint density at radius 3 is 2.86 bits per heavy atom. The van der Waals surface area contributed by atoms with E-state index in [0.717, 1.165) is 0 Å². The minimum Gasteiger partial charge on any atom is -0.494 e. The van der Waals surface area contributed by atoms with Gasteiger partial charge < -0.3 is 20.3 Å². The predicted octanol–water partition coefficient (Wildman–Crippen LogP) is 2.12. The van der Waals surface area contributed by atoms with Gasteiger partial charge in [-0.3, -0.25) is 4.98 Å². The Labute approximate surface area is 122 Å². The second-order valence-corrected chi connectivity index (χ2v) is 4.69. The highest BCUT2D eigenvalue weighted by molar-refractivity contribution is 6.04. The van der Waals surface area contributed by atoms with Crippen molar-refractivity contribution in [3.63, 3.8) is 0 Å². The molecule has 0 spiro atoms. The van der Waals surface area contributed by atoms with Gasteiger partial charge in [0.1, 0.15) is 11.3 Å². The van der Waals surface area contributed by atoms with Gasteiger partial charge in [-0.05, 0) is 32.0 Å². The van der Waals surface area contributed by atoms with E-state index in [1.165, 1.54) is 6.20 Å². The van der Waals surface area contributed by atoms with Crippen LogP contribution in [0.1, 0.15) is 24.2 Å². The number of carboxylic acid groups (broad SMARTS) is 1. The number of carbonyl (C=O) groups is 1. The van der Waals surface area contributed by atoms with Gasteiger partial charge >= 0.3 is 5.97 Å². The summed E-state index contributed by atoms with van der Waals surface area (Å²) < 4.78 is 5.44. The zero-order valence-electron chi connectivity index (χ0n) is 12.0. The minimum absolute atomic E-state index is 0.0665. The molecule has 0 bridgehead atoms. The molecule has 3 N–H and O–H groups in total. The number of nitrogens with one attached hydrogen (secondary N) is 1. The molecule has 0 aliphatic carbocycles. The van der Waals surface area contributed by atoms with Gasteiger partial charge in [-0.25, -0.2) is 4.79 Å².